The van der Waals surface area contributed by atoms with Gasteiger partial charge in [0.2, 0.25) is 5.91 Å². The fourth-order valence-electron chi connectivity index (χ4n) is 2.61. The molecule has 1 saturated heterocycles. The van der Waals surface area contributed by atoms with Crippen molar-refractivity contribution in [1.29, 1.82) is 0 Å². The van der Waals surface area contributed by atoms with Crippen molar-refractivity contribution in [3.8, 4) is 0 Å². The van der Waals surface area contributed by atoms with E-state index in [9.17, 15) is 9.59 Å². The second kappa shape index (κ2) is 10.0. The van der Waals surface area contributed by atoms with Gasteiger partial charge in [0.05, 0.1) is 13.0 Å². The molecule has 1 aliphatic heterocycles. The van der Waals surface area contributed by atoms with Crippen LogP contribution in [0.25, 0.3) is 0 Å². The molecular formula is C15H29ClN2O3. The molecule has 0 aromatic heterocycles. The van der Waals surface area contributed by atoms with Crippen LogP contribution in [0, 0.1) is 11.3 Å². The van der Waals surface area contributed by atoms with Crippen LogP contribution in [-0.4, -0.2) is 38.1 Å². The van der Waals surface area contributed by atoms with Crippen molar-refractivity contribution in [1.82, 2.24) is 10.6 Å². The van der Waals surface area contributed by atoms with E-state index in [2.05, 4.69) is 24.5 Å². The van der Waals surface area contributed by atoms with Crippen LogP contribution in [0.2, 0.25) is 0 Å². The van der Waals surface area contributed by atoms with Gasteiger partial charge < -0.3 is 15.4 Å². The zero-order chi connectivity index (χ0) is 15.0. The normalized spacial score (nSPS) is 17.0. The minimum Gasteiger partial charge on any atom is -0.466 e. The lowest BCUT2D eigenvalue weighted by atomic mass is 9.73. The van der Waals surface area contributed by atoms with Gasteiger partial charge in [-0.3, -0.25) is 9.59 Å². The maximum absolute atomic E-state index is 12.1. The summed E-state index contributed by atoms with van der Waals surface area (Å²) < 4.78 is 5.06. The van der Waals surface area contributed by atoms with Crippen molar-refractivity contribution in [2.24, 2.45) is 11.3 Å². The third-order valence-electron chi connectivity index (χ3n) is 3.73. The van der Waals surface area contributed by atoms with Crippen molar-refractivity contribution < 1.29 is 14.3 Å². The number of amides is 1. The first-order valence-electron chi connectivity index (χ1n) is 7.60. The zero-order valence-corrected chi connectivity index (χ0v) is 14.2. The average molecular weight is 321 g/mol. The van der Waals surface area contributed by atoms with Gasteiger partial charge in [-0.05, 0) is 44.2 Å². The number of hydrogen-bond donors (Lipinski definition) is 2. The summed E-state index contributed by atoms with van der Waals surface area (Å²) in [5, 5.41) is 6.23. The van der Waals surface area contributed by atoms with Crippen LogP contribution in [0.4, 0.5) is 0 Å². The molecule has 2 N–H and O–H groups in total. The van der Waals surface area contributed by atoms with Crippen molar-refractivity contribution >= 4 is 24.3 Å². The number of esters is 1. The van der Waals surface area contributed by atoms with E-state index in [1.807, 2.05) is 6.92 Å². The molecule has 0 aromatic carbocycles. The molecule has 0 spiro atoms. The molecule has 1 rings (SSSR count). The molecule has 21 heavy (non-hydrogen) atoms. The van der Waals surface area contributed by atoms with E-state index in [0.717, 1.165) is 25.9 Å². The first-order valence-corrected chi connectivity index (χ1v) is 7.60. The van der Waals surface area contributed by atoms with E-state index < -0.39 is 0 Å². The molecule has 1 fully saturated rings. The van der Waals surface area contributed by atoms with Gasteiger partial charge in [0.25, 0.3) is 0 Å². The highest BCUT2D eigenvalue weighted by Crippen LogP contribution is 2.36. The SMILES string of the molecule is CCOC(=O)CC1(CC(=O)NCC(C)C)CCNCC1.Cl. The Morgan fingerprint density at radius 2 is 1.86 bits per heavy atom. The number of halogens is 1. The fraction of sp³-hybridized carbons (Fsp3) is 0.867. The van der Waals surface area contributed by atoms with Crippen LogP contribution < -0.4 is 10.6 Å². The highest BCUT2D eigenvalue weighted by atomic mass is 35.5. The summed E-state index contributed by atoms with van der Waals surface area (Å²) in [6.07, 6.45) is 2.46. The molecule has 0 aliphatic carbocycles. The molecule has 0 unspecified atom stereocenters. The van der Waals surface area contributed by atoms with E-state index in [1.54, 1.807) is 0 Å². The van der Waals surface area contributed by atoms with Crippen LogP contribution in [0.3, 0.4) is 0 Å². The molecule has 124 valence electrons. The maximum atomic E-state index is 12.1. The summed E-state index contributed by atoms with van der Waals surface area (Å²) in [6, 6.07) is 0. The van der Waals surface area contributed by atoms with Crippen molar-refractivity contribution in [2.75, 3.05) is 26.2 Å². The molecule has 0 atom stereocenters. The average Bonchev–Trinajstić information content (AvgIpc) is 2.37. The first-order chi connectivity index (χ1) is 9.47. The summed E-state index contributed by atoms with van der Waals surface area (Å²) in [4.78, 5) is 23.9. The summed E-state index contributed by atoms with van der Waals surface area (Å²) >= 11 is 0. The quantitative estimate of drug-likeness (QED) is 0.703. The first kappa shape index (κ1) is 20.2. The predicted octanol–water partition coefficient (Wildman–Crippen LogP) is 1.89. The molecule has 5 nitrogen and oxygen atoms in total. The zero-order valence-electron chi connectivity index (χ0n) is 13.4. The van der Waals surface area contributed by atoms with Crippen molar-refractivity contribution in [3.05, 3.63) is 0 Å². The summed E-state index contributed by atoms with van der Waals surface area (Å²) in [5.74, 6) is 0.295. The van der Waals surface area contributed by atoms with Crippen LogP contribution in [0.5, 0.6) is 0 Å². The topological polar surface area (TPSA) is 67.4 Å². The molecule has 0 aromatic rings. The Morgan fingerprint density at radius 3 is 2.38 bits per heavy atom. The van der Waals surface area contributed by atoms with Crippen LogP contribution in [0.15, 0.2) is 0 Å². The Morgan fingerprint density at radius 1 is 1.24 bits per heavy atom. The van der Waals surface area contributed by atoms with Crippen molar-refractivity contribution in [3.63, 3.8) is 0 Å². The third-order valence-corrected chi connectivity index (χ3v) is 3.73. The Labute approximate surface area is 134 Å². The standard InChI is InChI=1S/C15H28N2O3.ClH/c1-4-20-14(19)10-15(5-7-16-8-6-15)9-13(18)17-11-12(2)3;/h12,16H,4-11H2,1-3H3,(H,17,18);1H. The van der Waals surface area contributed by atoms with Crippen LogP contribution in [0.1, 0.15) is 46.5 Å². The van der Waals surface area contributed by atoms with Gasteiger partial charge in [0.15, 0.2) is 0 Å². The third kappa shape index (κ3) is 7.67. The van der Waals surface area contributed by atoms with Gasteiger partial charge in [0.1, 0.15) is 0 Å². The van der Waals surface area contributed by atoms with E-state index in [1.165, 1.54) is 0 Å². The van der Waals surface area contributed by atoms with E-state index in [4.69, 9.17) is 4.74 Å². The molecule has 0 radical (unpaired) electrons. The number of rotatable bonds is 7. The van der Waals surface area contributed by atoms with Gasteiger partial charge in [-0.2, -0.15) is 0 Å². The van der Waals surface area contributed by atoms with E-state index >= 15 is 0 Å². The number of nitrogens with one attached hydrogen (secondary N) is 2. The minimum atomic E-state index is -0.238. The Bertz CT molecular complexity index is 329. The smallest absolute Gasteiger partial charge is 0.306 e. The lowest BCUT2D eigenvalue weighted by molar-refractivity contribution is -0.147. The second-order valence-corrected chi connectivity index (χ2v) is 6.11. The predicted molar refractivity (Wildman–Crippen MR) is 85.5 cm³/mol. The number of carbonyl (C=O) groups is 2. The molecular weight excluding hydrogens is 292 g/mol. The Hall–Kier alpha value is -0.810. The molecule has 1 amide bonds. The number of carbonyl (C=O) groups excluding carboxylic acids is 2. The van der Waals surface area contributed by atoms with Gasteiger partial charge in [-0.15, -0.1) is 12.4 Å². The summed E-state index contributed by atoms with van der Waals surface area (Å²) in [6.45, 7) is 8.74. The fourth-order valence-corrected chi connectivity index (χ4v) is 2.61. The second-order valence-electron chi connectivity index (χ2n) is 6.11. The van der Waals surface area contributed by atoms with Crippen LogP contribution >= 0.6 is 12.4 Å². The molecule has 1 heterocycles. The lowest BCUT2D eigenvalue weighted by Crippen LogP contribution is -2.42. The number of ether oxygens (including phenoxy) is 1. The van der Waals surface area contributed by atoms with E-state index in [0.29, 0.717) is 31.9 Å². The maximum Gasteiger partial charge on any atom is 0.306 e. The van der Waals surface area contributed by atoms with Gasteiger partial charge in [0, 0.05) is 13.0 Å². The highest BCUT2D eigenvalue weighted by molar-refractivity contribution is 5.85. The summed E-state index contributed by atoms with van der Waals surface area (Å²) in [5.41, 5.74) is -0.238. The van der Waals surface area contributed by atoms with Gasteiger partial charge in [-0.1, -0.05) is 13.8 Å². The molecule has 0 bridgehead atoms. The Kier molecular flexibility index (Phi) is 9.62. The van der Waals surface area contributed by atoms with Crippen LogP contribution in [-0.2, 0) is 14.3 Å². The molecule has 1 aliphatic rings. The summed E-state index contributed by atoms with van der Waals surface area (Å²) in [7, 11) is 0. The Balaban J connectivity index is 0.00000400. The largest absolute Gasteiger partial charge is 0.466 e. The minimum absolute atomic E-state index is 0. The monoisotopic (exact) mass is 320 g/mol. The van der Waals surface area contributed by atoms with Gasteiger partial charge >= 0.3 is 5.97 Å². The lowest BCUT2D eigenvalue weighted by Gasteiger charge is -2.36. The molecule has 0 saturated carbocycles. The van der Waals surface area contributed by atoms with E-state index in [-0.39, 0.29) is 29.7 Å². The number of hydrogen-bond acceptors (Lipinski definition) is 4. The van der Waals surface area contributed by atoms with Crippen molar-refractivity contribution in [2.45, 2.75) is 46.5 Å². The highest BCUT2D eigenvalue weighted by Gasteiger charge is 2.36. The number of piperidine rings is 1. The molecule has 6 heteroatoms. The van der Waals surface area contributed by atoms with Gasteiger partial charge in [-0.25, -0.2) is 0 Å².